The Morgan fingerprint density at radius 2 is 1.58 bits per heavy atom. The highest BCUT2D eigenvalue weighted by molar-refractivity contribution is 5.92. The van der Waals surface area contributed by atoms with E-state index in [0.29, 0.717) is 44.6 Å². The molecule has 0 aliphatic carbocycles. The van der Waals surface area contributed by atoms with Gasteiger partial charge in [-0.25, -0.2) is 4.79 Å². The van der Waals surface area contributed by atoms with Crippen LogP contribution in [0.3, 0.4) is 0 Å². The second-order valence-electron chi connectivity index (χ2n) is 12.3. The molecule has 4 N–H and O–H groups in total. The normalized spacial score (nSPS) is 15.5. The first kappa shape index (κ1) is 37.7. The molecule has 252 valence electrons. The maximum absolute atomic E-state index is 13.7. The van der Waals surface area contributed by atoms with Gasteiger partial charge in [0.2, 0.25) is 17.7 Å². The third-order valence-corrected chi connectivity index (χ3v) is 8.55. The number of unbranched alkanes of at least 4 members (excludes halogenated alkanes) is 4. The van der Waals surface area contributed by atoms with Crippen LogP contribution in [0, 0.1) is 11.8 Å². The van der Waals surface area contributed by atoms with Crippen LogP contribution in [0.4, 0.5) is 4.79 Å². The number of nitrogens with two attached hydrogens (primary N) is 1. The van der Waals surface area contributed by atoms with Gasteiger partial charge in [0.25, 0.3) is 0 Å². The van der Waals surface area contributed by atoms with E-state index in [1.165, 1.54) is 0 Å². The number of ketones is 1. The molecule has 0 aromatic heterocycles. The maximum Gasteiger partial charge on any atom is 0.415 e. The van der Waals surface area contributed by atoms with Crippen molar-refractivity contribution in [3.05, 3.63) is 29.8 Å². The number of nitrogens with one attached hydrogen (secondary N) is 2. The van der Waals surface area contributed by atoms with Crippen LogP contribution in [0.2, 0.25) is 0 Å². The number of Topliss-reactive ketones (excluding diaryl/α,β-unsaturated/α-hetero) is 1. The van der Waals surface area contributed by atoms with Crippen molar-refractivity contribution in [3.8, 4) is 5.75 Å². The van der Waals surface area contributed by atoms with Crippen LogP contribution in [0.1, 0.15) is 90.5 Å². The summed E-state index contributed by atoms with van der Waals surface area (Å²) >= 11 is 0. The van der Waals surface area contributed by atoms with Crippen molar-refractivity contribution < 1.29 is 28.7 Å². The lowest BCUT2D eigenvalue weighted by molar-refractivity contribution is -0.133. The molecule has 11 heteroatoms. The molecule has 1 aromatic carbocycles. The lowest BCUT2D eigenvalue weighted by Crippen LogP contribution is -2.48. The molecule has 4 amide bonds. The van der Waals surface area contributed by atoms with Gasteiger partial charge in [0, 0.05) is 57.9 Å². The predicted octanol–water partition coefficient (Wildman–Crippen LogP) is 3.82. The molecule has 0 radical (unpaired) electrons. The lowest BCUT2D eigenvalue weighted by Gasteiger charge is -2.31. The molecular formula is C34H55N5O6. The molecule has 0 saturated carbocycles. The summed E-state index contributed by atoms with van der Waals surface area (Å²) in [7, 11) is 2.02. The van der Waals surface area contributed by atoms with Crippen LogP contribution in [0.25, 0.3) is 0 Å². The molecule has 0 spiro atoms. The van der Waals surface area contributed by atoms with E-state index in [2.05, 4.69) is 22.5 Å². The van der Waals surface area contributed by atoms with Gasteiger partial charge in [-0.2, -0.15) is 0 Å². The zero-order chi connectivity index (χ0) is 33.2. The molecule has 1 fully saturated rings. The third-order valence-electron chi connectivity index (χ3n) is 8.55. The highest BCUT2D eigenvalue weighted by atomic mass is 16.6. The Kier molecular flexibility index (Phi) is 17.2. The standard InChI is InChI=1S/C34H55N5O6/c1-5-7-9-13-32(42)37-29(23-26-14-16-27(17-15-26)45-34(44)39-21-19-38(4)20-22-39)30(40)24-28(25(3)6-2)33(43)36-18-11-8-10-12-31(35)41/h14-17,25,28-29H,5-13,18-24H2,1-4H3,(H2,35,41)(H,36,43)(H,37,42)/t25-,28-,29-/m0/s1. The van der Waals surface area contributed by atoms with Crippen molar-refractivity contribution in [2.45, 2.75) is 97.4 Å². The fourth-order valence-corrected chi connectivity index (χ4v) is 5.27. The van der Waals surface area contributed by atoms with Crippen LogP contribution < -0.4 is 21.1 Å². The number of hydrogen-bond acceptors (Lipinski definition) is 7. The number of benzene rings is 1. The molecule has 45 heavy (non-hydrogen) atoms. The van der Waals surface area contributed by atoms with Gasteiger partial charge in [-0.3, -0.25) is 19.2 Å². The van der Waals surface area contributed by atoms with Crippen molar-refractivity contribution >= 4 is 29.6 Å². The topological polar surface area (TPSA) is 151 Å². The second kappa shape index (κ2) is 20.5. The van der Waals surface area contributed by atoms with E-state index in [0.717, 1.165) is 57.2 Å². The van der Waals surface area contributed by atoms with Gasteiger partial charge in [0.05, 0.1) is 6.04 Å². The fraction of sp³-hybridized carbons (Fsp3) is 0.676. The van der Waals surface area contributed by atoms with Crippen molar-refractivity contribution in [1.82, 2.24) is 20.4 Å². The Labute approximate surface area is 269 Å². The van der Waals surface area contributed by atoms with E-state index in [1.54, 1.807) is 29.2 Å². The molecule has 0 unspecified atom stereocenters. The zero-order valence-corrected chi connectivity index (χ0v) is 27.8. The summed E-state index contributed by atoms with van der Waals surface area (Å²) in [6.07, 6.45) is 6.12. The fourth-order valence-electron chi connectivity index (χ4n) is 5.27. The monoisotopic (exact) mass is 629 g/mol. The molecule has 11 nitrogen and oxygen atoms in total. The number of amides is 4. The van der Waals surface area contributed by atoms with Gasteiger partial charge >= 0.3 is 6.09 Å². The van der Waals surface area contributed by atoms with Crippen LogP contribution >= 0.6 is 0 Å². The van der Waals surface area contributed by atoms with Gasteiger partial charge in [-0.1, -0.05) is 58.6 Å². The van der Waals surface area contributed by atoms with Crippen molar-refractivity contribution in [1.29, 1.82) is 0 Å². The Balaban J connectivity index is 2.06. The summed E-state index contributed by atoms with van der Waals surface area (Å²) in [5.74, 6) is -1.01. The Bertz CT molecular complexity index is 1090. The minimum atomic E-state index is -0.786. The number of carbonyl (C=O) groups excluding carboxylic acids is 5. The van der Waals surface area contributed by atoms with Gasteiger partial charge in [0.1, 0.15) is 5.75 Å². The van der Waals surface area contributed by atoms with Gasteiger partial charge in [0.15, 0.2) is 5.78 Å². The Morgan fingerprint density at radius 3 is 2.20 bits per heavy atom. The van der Waals surface area contributed by atoms with Crippen LogP contribution in [-0.2, 0) is 25.6 Å². The average Bonchev–Trinajstić information content (AvgIpc) is 3.01. The average molecular weight is 630 g/mol. The number of carbonyl (C=O) groups is 5. The first-order chi connectivity index (χ1) is 21.5. The van der Waals surface area contributed by atoms with Gasteiger partial charge in [-0.15, -0.1) is 0 Å². The number of likely N-dealkylation sites (N-methyl/N-ethyl adjacent to an activating group) is 1. The van der Waals surface area contributed by atoms with Crippen LogP contribution in [0.15, 0.2) is 24.3 Å². The van der Waals surface area contributed by atoms with Crippen molar-refractivity contribution in [2.24, 2.45) is 17.6 Å². The van der Waals surface area contributed by atoms with E-state index in [9.17, 15) is 24.0 Å². The van der Waals surface area contributed by atoms with Gasteiger partial charge in [-0.05, 0) is 56.3 Å². The largest absolute Gasteiger partial charge is 0.415 e. The maximum atomic E-state index is 13.7. The number of rotatable bonds is 20. The van der Waals surface area contributed by atoms with E-state index >= 15 is 0 Å². The zero-order valence-electron chi connectivity index (χ0n) is 27.8. The smallest absolute Gasteiger partial charge is 0.410 e. The summed E-state index contributed by atoms with van der Waals surface area (Å²) in [6, 6.07) is 6.21. The number of hydrogen-bond donors (Lipinski definition) is 3. The second-order valence-corrected chi connectivity index (χ2v) is 12.3. The van der Waals surface area contributed by atoms with E-state index < -0.39 is 12.0 Å². The van der Waals surface area contributed by atoms with Crippen LogP contribution in [0.5, 0.6) is 5.75 Å². The summed E-state index contributed by atoms with van der Waals surface area (Å²) in [5, 5.41) is 5.90. The minimum Gasteiger partial charge on any atom is -0.410 e. The van der Waals surface area contributed by atoms with Crippen molar-refractivity contribution in [2.75, 3.05) is 39.8 Å². The van der Waals surface area contributed by atoms with Gasteiger partial charge < -0.3 is 30.9 Å². The number of ether oxygens (including phenoxy) is 1. The molecule has 1 aromatic rings. The quantitative estimate of drug-likeness (QED) is 0.186. The lowest BCUT2D eigenvalue weighted by atomic mass is 9.84. The highest BCUT2D eigenvalue weighted by Gasteiger charge is 2.31. The number of primary amides is 1. The molecule has 1 heterocycles. The van der Waals surface area contributed by atoms with Crippen LogP contribution in [-0.4, -0.2) is 85.2 Å². The van der Waals surface area contributed by atoms with E-state index in [1.807, 2.05) is 20.9 Å². The summed E-state index contributed by atoms with van der Waals surface area (Å²) < 4.78 is 5.56. The number of piperazine rings is 1. The Morgan fingerprint density at radius 1 is 0.911 bits per heavy atom. The number of nitrogens with zero attached hydrogens (tertiary/aromatic N) is 2. The molecule has 1 saturated heterocycles. The molecule has 2 rings (SSSR count). The SMILES string of the molecule is CCCCCC(=O)N[C@@H](Cc1ccc(OC(=O)N2CCN(C)CC2)cc1)C(=O)C[C@H](C(=O)NCCCCCC(N)=O)[C@@H](C)CC. The highest BCUT2D eigenvalue weighted by Crippen LogP contribution is 2.22. The molecule has 3 atom stereocenters. The molecule has 1 aliphatic rings. The Hall–Kier alpha value is -3.47. The minimum absolute atomic E-state index is 0.0170. The summed E-state index contributed by atoms with van der Waals surface area (Å²) in [4.78, 5) is 67.1. The summed E-state index contributed by atoms with van der Waals surface area (Å²) in [6.45, 7) is 9.30. The van der Waals surface area contributed by atoms with E-state index in [4.69, 9.17) is 10.5 Å². The molecule has 0 bridgehead atoms. The summed E-state index contributed by atoms with van der Waals surface area (Å²) in [5.41, 5.74) is 6.00. The van der Waals surface area contributed by atoms with E-state index in [-0.39, 0.29) is 48.4 Å². The first-order valence-corrected chi connectivity index (χ1v) is 16.7. The molecule has 1 aliphatic heterocycles. The van der Waals surface area contributed by atoms with Crippen molar-refractivity contribution in [3.63, 3.8) is 0 Å². The molecular weight excluding hydrogens is 574 g/mol. The first-order valence-electron chi connectivity index (χ1n) is 16.7. The third kappa shape index (κ3) is 14.4. The predicted molar refractivity (Wildman–Crippen MR) is 175 cm³/mol.